The second-order valence-electron chi connectivity index (χ2n) is 5.74. The third-order valence-electron chi connectivity index (χ3n) is 3.95. The average molecular weight is 347 g/mol. The van der Waals surface area contributed by atoms with Gasteiger partial charge in [-0.2, -0.15) is 10.2 Å². The number of amidine groups is 1. The SMILES string of the molecule is C#CCCC1(CCNC(=O)C2=CN3CCS(=O)(=O)N=C3C=C2)N=N1. The van der Waals surface area contributed by atoms with Crippen LogP contribution in [0.1, 0.15) is 19.3 Å². The van der Waals surface area contributed by atoms with E-state index < -0.39 is 15.7 Å². The number of carbonyl (C=O) groups is 1. The van der Waals surface area contributed by atoms with Crippen LogP contribution in [-0.2, 0) is 14.8 Å². The first-order valence-electron chi connectivity index (χ1n) is 7.58. The molecule has 0 saturated heterocycles. The van der Waals surface area contributed by atoms with Crippen molar-refractivity contribution in [3.8, 4) is 12.3 Å². The Morgan fingerprint density at radius 1 is 1.38 bits per heavy atom. The molecule has 24 heavy (non-hydrogen) atoms. The number of nitrogens with zero attached hydrogens (tertiary/aromatic N) is 4. The van der Waals surface area contributed by atoms with Crippen molar-refractivity contribution in [3.63, 3.8) is 0 Å². The van der Waals surface area contributed by atoms with Crippen LogP contribution in [-0.4, -0.2) is 49.6 Å². The number of hydrogen-bond donors (Lipinski definition) is 1. The van der Waals surface area contributed by atoms with E-state index in [-0.39, 0.29) is 18.2 Å². The summed E-state index contributed by atoms with van der Waals surface area (Å²) in [5.41, 5.74) is 0.0351. The third kappa shape index (κ3) is 3.71. The van der Waals surface area contributed by atoms with Gasteiger partial charge in [-0.1, -0.05) is 0 Å². The normalized spacial score (nSPS) is 22.0. The summed E-state index contributed by atoms with van der Waals surface area (Å²) in [5, 5.41) is 10.9. The predicted octanol–water partition coefficient (Wildman–Crippen LogP) is 0.566. The molecule has 9 heteroatoms. The molecule has 0 saturated carbocycles. The lowest BCUT2D eigenvalue weighted by Crippen LogP contribution is -2.38. The van der Waals surface area contributed by atoms with Gasteiger partial charge in [0.2, 0.25) is 0 Å². The Morgan fingerprint density at radius 3 is 2.88 bits per heavy atom. The van der Waals surface area contributed by atoms with Gasteiger partial charge >= 0.3 is 0 Å². The molecule has 0 fully saturated rings. The van der Waals surface area contributed by atoms with Crippen LogP contribution in [0.2, 0.25) is 0 Å². The summed E-state index contributed by atoms with van der Waals surface area (Å²) >= 11 is 0. The van der Waals surface area contributed by atoms with Gasteiger partial charge < -0.3 is 10.2 Å². The van der Waals surface area contributed by atoms with Gasteiger partial charge in [0, 0.05) is 38.6 Å². The Hall–Kier alpha value is -2.47. The van der Waals surface area contributed by atoms with Crippen LogP contribution in [0.4, 0.5) is 0 Å². The summed E-state index contributed by atoms with van der Waals surface area (Å²) in [6, 6.07) is 0. The minimum Gasteiger partial charge on any atom is -0.352 e. The lowest BCUT2D eigenvalue weighted by Gasteiger charge is -2.27. The van der Waals surface area contributed by atoms with Gasteiger partial charge in [0.05, 0.1) is 11.3 Å². The maximum atomic E-state index is 12.2. The Bertz CT molecular complexity index is 811. The molecule has 0 spiro atoms. The maximum Gasteiger partial charge on any atom is 0.256 e. The number of hydrogen-bond acceptors (Lipinski definition) is 6. The standard InChI is InChI=1S/C15H17N5O3S/c1-2-3-6-15(18-19-15)7-8-16-14(21)12-4-5-13-17-24(22,23)10-9-20(13)11-12/h1,4-5,11H,3,6-10H2,(H,16,21). The zero-order valence-electron chi connectivity index (χ0n) is 13.0. The number of fused-ring (bicyclic) bond motifs is 1. The zero-order chi connectivity index (χ0) is 17.2. The van der Waals surface area contributed by atoms with Gasteiger partial charge in [-0.25, -0.2) is 8.42 Å². The van der Waals surface area contributed by atoms with Crippen LogP contribution in [0.25, 0.3) is 0 Å². The molecule has 0 aromatic heterocycles. The summed E-state index contributed by atoms with van der Waals surface area (Å²) in [7, 11) is -3.39. The number of sulfonamides is 1. The fraction of sp³-hybridized carbons (Fsp3) is 0.467. The van der Waals surface area contributed by atoms with Crippen LogP contribution < -0.4 is 5.32 Å². The van der Waals surface area contributed by atoms with Crippen molar-refractivity contribution in [2.24, 2.45) is 14.6 Å². The number of amides is 1. The summed E-state index contributed by atoms with van der Waals surface area (Å²) in [4.78, 5) is 13.9. The second kappa shape index (κ2) is 6.20. The maximum absolute atomic E-state index is 12.2. The first-order chi connectivity index (χ1) is 11.4. The Balaban J connectivity index is 1.53. The number of rotatable bonds is 6. The molecule has 0 unspecified atom stereocenters. The largest absolute Gasteiger partial charge is 0.352 e. The molecule has 0 aromatic carbocycles. The predicted molar refractivity (Wildman–Crippen MR) is 88.4 cm³/mol. The van der Waals surface area contributed by atoms with E-state index in [1.54, 1.807) is 17.2 Å². The van der Waals surface area contributed by atoms with E-state index in [2.05, 4.69) is 25.9 Å². The lowest BCUT2D eigenvalue weighted by atomic mass is 10.0. The van der Waals surface area contributed by atoms with E-state index in [0.29, 0.717) is 37.2 Å². The van der Waals surface area contributed by atoms with Crippen LogP contribution in [0.3, 0.4) is 0 Å². The molecular formula is C15H17N5O3S. The number of carbonyl (C=O) groups excluding carboxylic acids is 1. The highest BCUT2D eigenvalue weighted by Gasteiger charge is 2.38. The summed E-state index contributed by atoms with van der Waals surface area (Å²) in [6.45, 7) is 0.728. The van der Waals surface area contributed by atoms with Crippen LogP contribution in [0.5, 0.6) is 0 Å². The van der Waals surface area contributed by atoms with E-state index in [0.717, 1.165) is 0 Å². The molecule has 8 nitrogen and oxygen atoms in total. The molecule has 0 bridgehead atoms. The fourth-order valence-corrected chi connectivity index (χ4v) is 3.45. The highest BCUT2D eigenvalue weighted by atomic mass is 32.2. The van der Waals surface area contributed by atoms with E-state index >= 15 is 0 Å². The van der Waals surface area contributed by atoms with Crippen molar-refractivity contribution >= 4 is 21.8 Å². The van der Waals surface area contributed by atoms with Gasteiger partial charge in [0.15, 0.2) is 5.66 Å². The van der Waals surface area contributed by atoms with Crippen molar-refractivity contribution in [2.75, 3.05) is 18.8 Å². The number of nitrogens with one attached hydrogen (secondary N) is 1. The van der Waals surface area contributed by atoms with Crippen molar-refractivity contribution in [2.45, 2.75) is 24.9 Å². The molecule has 3 aliphatic heterocycles. The molecular weight excluding hydrogens is 330 g/mol. The average Bonchev–Trinajstić information content (AvgIpc) is 3.32. The van der Waals surface area contributed by atoms with Crippen LogP contribution >= 0.6 is 0 Å². The molecule has 0 atom stereocenters. The van der Waals surface area contributed by atoms with Gasteiger partial charge in [-0.15, -0.1) is 16.7 Å². The minimum atomic E-state index is -3.39. The molecule has 0 aromatic rings. The second-order valence-corrected chi connectivity index (χ2v) is 7.49. The van der Waals surface area contributed by atoms with Gasteiger partial charge in [-0.3, -0.25) is 4.79 Å². The van der Waals surface area contributed by atoms with Gasteiger partial charge in [0.25, 0.3) is 15.9 Å². The van der Waals surface area contributed by atoms with Crippen molar-refractivity contribution in [1.29, 1.82) is 0 Å². The molecule has 0 radical (unpaired) electrons. The third-order valence-corrected chi connectivity index (χ3v) is 5.11. The molecule has 3 heterocycles. The highest BCUT2D eigenvalue weighted by Crippen LogP contribution is 2.36. The van der Waals surface area contributed by atoms with Crippen molar-refractivity contribution in [1.82, 2.24) is 10.2 Å². The number of terminal acetylenes is 1. The first kappa shape index (κ1) is 16.4. The summed E-state index contributed by atoms with van der Waals surface area (Å²) in [5.74, 6) is 2.61. The van der Waals surface area contributed by atoms with E-state index in [1.165, 1.54) is 6.08 Å². The molecule has 3 rings (SSSR count). The quantitative estimate of drug-likeness (QED) is 0.709. The Labute approximate surface area is 140 Å². The molecule has 3 aliphatic rings. The Kier molecular flexibility index (Phi) is 4.24. The van der Waals surface area contributed by atoms with Gasteiger partial charge in [-0.05, 0) is 12.2 Å². The van der Waals surface area contributed by atoms with E-state index in [4.69, 9.17) is 6.42 Å². The highest BCUT2D eigenvalue weighted by molar-refractivity contribution is 7.90. The monoisotopic (exact) mass is 347 g/mol. The van der Waals surface area contributed by atoms with E-state index in [1.807, 2.05) is 0 Å². The molecule has 1 amide bonds. The lowest BCUT2D eigenvalue weighted by molar-refractivity contribution is -0.117. The van der Waals surface area contributed by atoms with Crippen molar-refractivity contribution < 1.29 is 13.2 Å². The zero-order valence-corrected chi connectivity index (χ0v) is 13.8. The summed E-state index contributed by atoms with van der Waals surface area (Å²) < 4.78 is 26.6. The fourth-order valence-electron chi connectivity index (χ4n) is 2.48. The van der Waals surface area contributed by atoms with Crippen molar-refractivity contribution in [3.05, 3.63) is 23.9 Å². The van der Waals surface area contributed by atoms with Gasteiger partial charge in [0.1, 0.15) is 5.84 Å². The van der Waals surface area contributed by atoms with Crippen LogP contribution in [0, 0.1) is 12.3 Å². The summed E-state index contributed by atoms with van der Waals surface area (Å²) in [6.07, 6.45) is 11.9. The molecule has 1 N–H and O–H groups in total. The Morgan fingerprint density at radius 2 is 2.17 bits per heavy atom. The topological polar surface area (TPSA) is 104 Å². The van der Waals surface area contributed by atoms with Crippen LogP contribution in [0.15, 0.2) is 38.6 Å². The molecule has 126 valence electrons. The molecule has 0 aliphatic carbocycles. The first-order valence-corrected chi connectivity index (χ1v) is 9.19. The smallest absolute Gasteiger partial charge is 0.256 e. The van der Waals surface area contributed by atoms with E-state index in [9.17, 15) is 13.2 Å². The minimum absolute atomic E-state index is 0.0591.